The molecule has 0 aliphatic rings. The number of carbonyl (C=O) groups excluding carboxylic acids is 1. The first-order valence-electron chi connectivity index (χ1n) is 11.4. The van der Waals surface area contributed by atoms with E-state index in [0.29, 0.717) is 23.8 Å². The number of carbonyl (C=O) groups is 1. The molecule has 0 spiro atoms. The largest absolute Gasteiger partial charge is 0.309 e. The maximum atomic E-state index is 13.3. The summed E-state index contributed by atoms with van der Waals surface area (Å²) in [6.45, 7) is 4.51. The molecule has 35 heavy (non-hydrogen) atoms. The van der Waals surface area contributed by atoms with Crippen LogP contribution in [0.5, 0.6) is 0 Å². The zero-order valence-corrected chi connectivity index (χ0v) is 19.6. The molecule has 1 amide bonds. The fourth-order valence-electron chi connectivity index (χ4n) is 3.68. The van der Waals surface area contributed by atoms with E-state index >= 15 is 0 Å². The average molecular weight is 463 g/mol. The van der Waals surface area contributed by atoms with Crippen molar-refractivity contribution in [2.75, 3.05) is 11.9 Å². The van der Waals surface area contributed by atoms with E-state index in [4.69, 9.17) is 5.26 Å². The van der Waals surface area contributed by atoms with Crippen LogP contribution in [0.3, 0.4) is 0 Å². The highest BCUT2D eigenvalue weighted by atomic mass is 16.2. The Hall–Kier alpha value is -4.41. The van der Waals surface area contributed by atoms with Crippen LogP contribution in [0.4, 0.5) is 5.82 Å². The Kier molecular flexibility index (Phi) is 7.56. The molecule has 2 N–H and O–H groups in total. The zero-order chi connectivity index (χ0) is 24.6. The Morgan fingerprint density at radius 2 is 1.57 bits per heavy atom. The van der Waals surface area contributed by atoms with Crippen LogP contribution < -0.4 is 10.6 Å². The van der Waals surface area contributed by atoms with Gasteiger partial charge in [-0.1, -0.05) is 49.4 Å². The predicted molar refractivity (Wildman–Crippen MR) is 135 cm³/mol. The van der Waals surface area contributed by atoms with Crippen molar-refractivity contribution in [2.45, 2.75) is 25.8 Å². The SMILES string of the molecule is Cc1ncc(-c2ccc(NC(=O)[C@H](NC[C@@H](C)c3ccc(C#N)cc3)c3ccccc3)nc2)cn1. The first-order chi connectivity index (χ1) is 17.0. The van der Waals surface area contributed by atoms with Gasteiger partial charge in [-0.05, 0) is 48.2 Å². The molecule has 0 fully saturated rings. The predicted octanol–water partition coefficient (Wildman–Crippen LogP) is 4.79. The second-order valence-corrected chi connectivity index (χ2v) is 8.33. The lowest BCUT2D eigenvalue weighted by Gasteiger charge is -2.21. The van der Waals surface area contributed by atoms with Gasteiger partial charge in [0.25, 0.3) is 0 Å². The summed E-state index contributed by atoms with van der Waals surface area (Å²) in [5.74, 6) is 1.13. The van der Waals surface area contributed by atoms with E-state index in [0.717, 1.165) is 22.3 Å². The lowest BCUT2D eigenvalue weighted by Crippen LogP contribution is -2.35. The molecule has 2 heterocycles. The van der Waals surface area contributed by atoms with Crippen LogP contribution >= 0.6 is 0 Å². The Morgan fingerprint density at radius 1 is 0.886 bits per heavy atom. The summed E-state index contributed by atoms with van der Waals surface area (Å²) in [7, 11) is 0. The smallest absolute Gasteiger partial charge is 0.247 e. The number of nitriles is 1. The number of hydrogen-bond donors (Lipinski definition) is 2. The fourth-order valence-corrected chi connectivity index (χ4v) is 3.68. The van der Waals surface area contributed by atoms with Gasteiger partial charge in [-0.25, -0.2) is 15.0 Å². The Balaban J connectivity index is 1.46. The maximum Gasteiger partial charge on any atom is 0.247 e. The minimum Gasteiger partial charge on any atom is -0.309 e. The summed E-state index contributed by atoms with van der Waals surface area (Å²) >= 11 is 0. The average Bonchev–Trinajstić information content (AvgIpc) is 2.90. The van der Waals surface area contributed by atoms with Crippen LogP contribution in [-0.4, -0.2) is 27.4 Å². The third-order valence-electron chi connectivity index (χ3n) is 5.76. The normalized spacial score (nSPS) is 12.4. The molecule has 7 nitrogen and oxygen atoms in total. The molecule has 0 saturated heterocycles. The van der Waals surface area contributed by atoms with E-state index in [9.17, 15) is 4.79 Å². The highest BCUT2D eigenvalue weighted by molar-refractivity contribution is 5.95. The molecule has 0 aliphatic carbocycles. The van der Waals surface area contributed by atoms with E-state index in [-0.39, 0.29) is 11.8 Å². The van der Waals surface area contributed by atoms with Gasteiger partial charge in [0.15, 0.2) is 0 Å². The van der Waals surface area contributed by atoms with Crippen LogP contribution in [0.25, 0.3) is 11.1 Å². The molecule has 2 aromatic heterocycles. The molecule has 0 aliphatic heterocycles. The number of anilines is 1. The van der Waals surface area contributed by atoms with Gasteiger partial charge in [0.1, 0.15) is 17.7 Å². The molecule has 0 saturated carbocycles. The van der Waals surface area contributed by atoms with Crippen molar-refractivity contribution >= 4 is 11.7 Å². The minimum absolute atomic E-state index is 0.149. The number of aryl methyl sites for hydroxylation is 1. The summed E-state index contributed by atoms with van der Waals surface area (Å²) in [5, 5.41) is 15.3. The number of nitrogens with one attached hydrogen (secondary N) is 2. The monoisotopic (exact) mass is 462 g/mol. The number of aromatic nitrogens is 3. The molecule has 2 atom stereocenters. The zero-order valence-electron chi connectivity index (χ0n) is 19.6. The summed E-state index contributed by atoms with van der Waals surface area (Å²) in [5.41, 5.74) is 4.33. The Bertz CT molecular complexity index is 1300. The van der Waals surface area contributed by atoms with Crippen molar-refractivity contribution in [1.29, 1.82) is 5.26 Å². The van der Waals surface area contributed by atoms with Crippen LogP contribution in [0.15, 0.2) is 85.3 Å². The highest BCUT2D eigenvalue weighted by Crippen LogP contribution is 2.21. The number of amides is 1. The van der Waals surface area contributed by atoms with Gasteiger partial charge in [0, 0.05) is 36.3 Å². The van der Waals surface area contributed by atoms with E-state index in [2.05, 4.69) is 38.6 Å². The molecule has 2 aromatic carbocycles. The standard InChI is InChI=1S/C28H26N6O/c1-19(22-10-8-21(14-29)9-11-22)15-33-27(23-6-4-3-5-7-23)28(35)34-26-13-12-24(16-32-26)25-17-30-20(2)31-18-25/h3-13,16-19,27,33H,15H2,1-2H3,(H,32,34,35)/t19-,27-/m1/s1. The van der Waals surface area contributed by atoms with Crippen molar-refractivity contribution in [3.8, 4) is 17.2 Å². The molecule has 4 rings (SSSR count). The molecule has 0 unspecified atom stereocenters. The van der Waals surface area contributed by atoms with E-state index in [1.54, 1.807) is 24.7 Å². The molecule has 4 aromatic rings. The van der Waals surface area contributed by atoms with Crippen LogP contribution in [0.1, 0.15) is 41.4 Å². The maximum absolute atomic E-state index is 13.3. The van der Waals surface area contributed by atoms with Crippen molar-refractivity contribution in [1.82, 2.24) is 20.3 Å². The molecule has 0 radical (unpaired) electrons. The number of pyridine rings is 1. The number of benzene rings is 2. The fraction of sp³-hybridized carbons (Fsp3) is 0.179. The Morgan fingerprint density at radius 3 is 2.20 bits per heavy atom. The van der Waals surface area contributed by atoms with Gasteiger partial charge in [-0.2, -0.15) is 5.26 Å². The van der Waals surface area contributed by atoms with Crippen molar-refractivity contribution < 1.29 is 4.79 Å². The van der Waals surface area contributed by atoms with Gasteiger partial charge >= 0.3 is 0 Å². The molecule has 0 bridgehead atoms. The van der Waals surface area contributed by atoms with Gasteiger partial charge < -0.3 is 10.6 Å². The molecular weight excluding hydrogens is 436 g/mol. The minimum atomic E-state index is -0.552. The van der Waals surface area contributed by atoms with Crippen LogP contribution in [0.2, 0.25) is 0 Å². The van der Waals surface area contributed by atoms with Gasteiger partial charge in [-0.3, -0.25) is 4.79 Å². The van der Waals surface area contributed by atoms with Gasteiger partial charge in [-0.15, -0.1) is 0 Å². The lowest BCUT2D eigenvalue weighted by molar-refractivity contribution is -0.118. The molecular formula is C28H26N6O. The van der Waals surface area contributed by atoms with Gasteiger partial charge in [0.2, 0.25) is 5.91 Å². The third-order valence-corrected chi connectivity index (χ3v) is 5.76. The van der Waals surface area contributed by atoms with Crippen molar-refractivity contribution in [2.24, 2.45) is 0 Å². The molecule has 7 heteroatoms. The highest BCUT2D eigenvalue weighted by Gasteiger charge is 2.21. The number of rotatable bonds is 8. The topological polar surface area (TPSA) is 104 Å². The molecule has 174 valence electrons. The summed E-state index contributed by atoms with van der Waals surface area (Å²) in [6.07, 6.45) is 5.20. The second kappa shape index (κ2) is 11.1. The summed E-state index contributed by atoms with van der Waals surface area (Å²) in [4.78, 5) is 26.1. The van der Waals surface area contributed by atoms with Crippen LogP contribution in [-0.2, 0) is 4.79 Å². The summed E-state index contributed by atoms with van der Waals surface area (Å²) in [6, 6.07) is 22.4. The first kappa shape index (κ1) is 23.7. The Labute approximate surface area is 204 Å². The van der Waals surface area contributed by atoms with E-state index < -0.39 is 6.04 Å². The van der Waals surface area contributed by atoms with E-state index in [1.165, 1.54) is 0 Å². The first-order valence-corrected chi connectivity index (χ1v) is 11.4. The number of hydrogen-bond acceptors (Lipinski definition) is 6. The van der Waals surface area contributed by atoms with Crippen molar-refractivity contribution in [3.05, 3.63) is 108 Å². The van der Waals surface area contributed by atoms with E-state index in [1.807, 2.05) is 67.6 Å². The van der Waals surface area contributed by atoms with Crippen LogP contribution in [0, 0.1) is 18.3 Å². The second-order valence-electron chi connectivity index (χ2n) is 8.33. The lowest BCUT2D eigenvalue weighted by atomic mass is 9.98. The van der Waals surface area contributed by atoms with Crippen molar-refractivity contribution in [3.63, 3.8) is 0 Å². The van der Waals surface area contributed by atoms with Gasteiger partial charge in [0.05, 0.1) is 11.6 Å². The third kappa shape index (κ3) is 6.14. The number of nitrogens with zero attached hydrogens (tertiary/aromatic N) is 4. The summed E-state index contributed by atoms with van der Waals surface area (Å²) < 4.78 is 0. The quantitative estimate of drug-likeness (QED) is 0.390.